The predicted molar refractivity (Wildman–Crippen MR) is 76.3 cm³/mol. The fourth-order valence-electron chi connectivity index (χ4n) is 3.17. The molecule has 1 saturated heterocycles. The highest BCUT2D eigenvalue weighted by Crippen LogP contribution is 2.41. The van der Waals surface area contributed by atoms with E-state index < -0.39 is 0 Å². The minimum Gasteiger partial charge on any atom is -0.497 e. The number of hydrogen-bond acceptors (Lipinski definition) is 2. The third kappa shape index (κ3) is 2.39. The largest absolute Gasteiger partial charge is 0.497 e. The molecule has 2 rings (SSSR count). The second-order valence-electron chi connectivity index (χ2n) is 5.65. The first-order valence-corrected chi connectivity index (χ1v) is 6.96. The van der Waals surface area contributed by atoms with Crippen LogP contribution in [0.1, 0.15) is 38.7 Å². The first kappa shape index (κ1) is 13.4. The van der Waals surface area contributed by atoms with E-state index in [0.29, 0.717) is 11.5 Å². The van der Waals surface area contributed by atoms with Gasteiger partial charge in [0.25, 0.3) is 0 Å². The highest BCUT2D eigenvalue weighted by atomic mass is 16.5. The molecule has 2 heteroatoms. The average molecular weight is 247 g/mol. The van der Waals surface area contributed by atoms with Gasteiger partial charge in [-0.15, -0.1) is 0 Å². The van der Waals surface area contributed by atoms with Crippen molar-refractivity contribution < 1.29 is 4.74 Å². The van der Waals surface area contributed by atoms with Gasteiger partial charge in [-0.05, 0) is 62.9 Å². The van der Waals surface area contributed by atoms with Gasteiger partial charge in [-0.1, -0.05) is 19.1 Å². The predicted octanol–water partition coefficient (Wildman–Crippen LogP) is 3.46. The molecule has 2 atom stereocenters. The Hall–Kier alpha value is -1.02. The van der Waals surface area contributed by atoms with E-state index in [0.717, 1.165) is 5.75 Å². The molecule has 1 fully saturated rings. The number of hydrogen-bond donors (Lipinski definition) is 0. The number of rotatable bonds is 3. The summed E-state index contributed by atoms with van der Waals surface area (Å²) in [5.74, 6) is 0.979. The highest BCUT2D eigenvalue weighted by Gasteiger charge is 2.37. The van der Waals surface area contributed by atoms with E-state index in [9.17, 15) is 0 Å². The molecule has 0 radical (unpaired) electrons. The second kappa shape index (κ2) is 5.31. The standard InChI is InChI=1S/C16H25NO/c1-5-16(9-10-17(3)13(2)12-16)14-7-6-8-15(11-14)18-4/h6-8,11,13H,5,9-10,12H2,1-4H3. The zero-order valence-electron chi connectivity index (χ0n) is 12.1. The van der Waals surface area contributed by atoms with Gasteiger partial charge >= 0.3 is 0 Å². The number of nitrogens with zero attached hydrogens (tertiary/aromatic N) is 1. The van der Waals surface area contributed by atoms with Crippen molar-refractivity contribution in [1.82, 2.24) is 4.90 Å². The molecule has 0 amide bonds. The van der Waals surface area contributed by atoms with Crippen LogP contribution in [-0.2, 0) is 5.41 Å². The van der Waals surface area contributed by atoms with E-state index in [4.69, 9.17) is 4.74 Å². The van der Waals surface area contributed by atoms with Gasteiger partial charge in [0.05, 0.1) is 7.11 Å². The van der Waals surface area contributed by atoms with Crippen LogP contribution in [0.5, 0.6) is 5.75 Å². The molecule has 0 aromatic heterocycles. The molecule has 1 aliphatic heterocycles. The molecule has 1 aromatic rings. The summed E-state index contributed by atoms with van der Waals surface area (Å²) in [6.07, 6.45) is 3.70. The van der Waals surface area contributed by atoms with Gasteiger partial charge < -0.3 is 9.64 Å². The summed E-state index contributed by atoms with van der Waals surface area (Å²) in [6, 6.07) is 9.30. The van der Waals surface area contributed by atoms with Crippen molar-refractivity contribution in [3.05, 3.63) is 29.8 Å². The molecule has 100 valence electrons. The molecule has 1 aromatic carbocycles. The van der Waals surface area contributed by atoms with Crippen molar-refractivity contribution in [2.45, 2.75) is 44.6 Å². The van der Waals surface area contributed by atoms with Crippen molar-refractivity contribution in [2.75, 3.05) is 20.7 Å². The van der Waals surface area contributed by atoms with Gasteiger partial charge in [-0.25, -0.2) is 0 Å². The molecule has 0 spiro atoms. The molecular weight excluding hydrogens is 222 g/mol. The smallest absolute Gasteiger partial charge is 0.119 e. The van der Waals surface area contributed by atoms with E-state index >= 15 is 0 Å². The molecule has 0 N–H and O–H groups in total. The van der Waals surface area contributed by atoms with Crippen LogP contribution in [0.2, 0.25) is 0 Å². The maximum Gasteiger partial charge on any atom is 0.119 e. The lowest BCUT2D eigenvalue weighted by Crippen LogP contribution is -2.45. The molecule has 1 aliphatic rings. The molecule has 2 unspecified atom stereocenters. The summed E-state index contributed by atoms with van der Waals surface area (Å²) in [5, 5.41) is 0. The van der Waals surface area contributed by atoms with Crippen LogP contribution < -0.4 is 4.74 Å². The molecule has 0 saturated carbocycles. The fourth-order valence-corrected chi connectivity index (χ4v) is 3.17. The summed E-state index contributed by atoms with van der Waals surface area (Å²) in [7, 11) is 3.98. The molecule has 18 heavy (non-hydrogen) atoms. The molecule has 1 heterocycles. The number of likely N-dealkylation sites (tertiary alicyclic amines) is 1. The number of ether oxygens (including phenoxy) is 1. The van der Waals surface area contributed by atoms with Crippen molar-refractivity contribution in [3.63, 3.8) is 0 Å². The van der Waals surface area contributed by atoms with E-state index in [-0.39, 0.29) is 0 Å². The Morgan fingerprint density at radius 2 is 2.22 bits per heavy atom. The normalized spacial score (nSPS) is 29.2. The summed E-state index contributed by atoms with van der Waals surface area (Å²) in [5.41, 5.74) is 1.78. The summed E-state index contributed by atoms with van der Waals surface area (Å²) < 4.78 is 5.37. The second-order valence-corrected chi connectivity index (χ2v) is 5.65. The Balaban J connectivity index is 2.31. The maximum atomic E-state index is 5.37. The van der Waals surface area contributed by atoms with Crippen LogP contribution in [0.4, 0.5) is 0 Å². The Labute approximate surface area is 111 Å². The van der Waals surface area contributed by atoms with Crippen molar-refractivity contribution in [2.24, 2.45) is 0 Å². The monoisotopic (exact) mass is 247 g/mol. The SMILES string of the molecule is CCC1(c2cccc(OC)c2)CCN(C)C(C)C1. The van der Waals surface area contributed by atoms with E-state index in [1.54, 1.807) is 7.11 Å². The van der Waals surface area contributed by atoms with Crippen LogP contribution in [0, 0.1) is 0 Å². The van der Waals surface area contributed by atoms with E-state index in [1.165, 1.54) is 31.4 Å². The van der Waals surface area contributed by atoms with Crippen LogP contribution >= 0.6 is 0 Å². The van der Waals surface area contributed by atoms with Crippen molar-refractivity contribution >= 4 is 0 Å². The average Bonchev–Trinajstić information content (AvgIpc) is 2.42. The van der Waals surface area contributed by atoms with Gasteiger partial charge in [-0.3, -0.25) is 0 Å². The third-order valence-electron chi connectivity index (χ3n) is 4.74. The van der Waals surface area contributed by atoms with Gasteiger partial charge in [0.15, 0.2) is 0 Å². The minimum atomic E-state index is 0.334. The highest BCUT2D eigenvalue weighted by molar-refractivity contribution is 5.34. The number of benzene rings is 1. The molecule has 0 bridgehead atoms. The lowest BCUT2D eigenvalue weighted by atomic mass is 9.69. The minimum absolute atomic E-state index is 0.334. The zero-order valence-corrected chi connectivity index (χ0v) is 12.1. The first-order chi connectivity index (χ1) is 8.61. The molecule has 2 nitrogen and oxygen atoms in total. The first-order valence-electron chi connectivity index (χ1n) is 6.96. The summed E-state index contributed by atoms with van der Waals surface area (Å²) in [6.45, 7) is 5.84. The fraction of sp³-hybridized carbons (Fsp3) is 0.625. The lowest BCUT2D eigenvalue weighted by molar-refractivity contribution is 0.125. The van der Waals surface area contributed by atoms with Gasteiger partial charge in [0.2, 0.25) is 0 Å². The van der Waals surface area contributed by atoms with Gasteiger partial charge in [0, 0.05) is 6.04 Å². The Morgan fingerprint density at radius 3 is 2.83 bits per heavy atom. The van der Waals surface area contributed by atoms with Crippen LogP contribution in [-0.4, -0.2) is 31.6 Å². The van der Waals surface area contributed by atoms with Crippen LogP contribution in [0.25, 0.3) is 0 Å². The van der Waals surface area contributed by atoms with Crippen LogP contribution in [0.3, 0.4) is 0 Å². The van der Waals surface area contributed by atoms with Gasteiger partial charge in [0.1, 0.15) is 5.75 Å². The van der Waals surface area contributed by atoms with Crippen LogP contribution in [0.15, 0.2) is 24.3 Å². The third-order valence-corrected chi connectivity index (χ3v) is 4.74. The quantitative estimate of drug-likeness (QED) is 0.811. The summed E-state index contributed by atoms with van der Waals surface area (Å²) in [4.78, 5) is 2.47. The molecule has 0 aliphatic carbocycles. The topological polar surface area (TPSA) is 12.5 Å². The van der Waals surface area contributed by atoms with Crippen molar-refractivity contribution in [1.29, 1.82) is 0 Å². The lowest BCUT2D eigenvalue weighted by Gasteiger charge is -2.44. The Morgan fingerprint density at radius 1 is 1.44 bits per heavy atom. The number of piperidine rings is 1. The molecular formula is C16H25NO. The summed E-state index contributed by atoms with van der Waals surface area (Å²) >= 11 is 0. The van der Waals surface area contributed by atoms with Crippen molar-refractivity contribution in [3.8, 4) is 5.75 Å². The van der Waals surface area contributed by atoms with Gasteiger partial charge in [-0.2, -0.15) is 0 Å². The van der Waals surface area contributed by atoms with E-state index in [1.807, 2.05) is 6.07 Å². The number of methoxy groups -OCH3 is 1. The van der Waals surface area contributed by atoms with E-state index in [2.05, 4.69) is 44.0 Å². The Kier molecular flexibility index (Phi) is 3.96. The Bertz CT molecular complexity index is 404. The maximum absolute atomic E-state index is 5.37. The zero-order chi connectivity index (χ0) is 13.2.